The largest absolute Gasteiger partial charge is 0.450 e. The van der Waals surface area contributed by atoms with Gasteiger partial charge in [-0.15, -0.1) is 0 Å². The molecule has 84 valence electrons. The van der Waals surface area contributed by atoms with Crippen molar-refractivity contribution in [3.05, 3.63) is 56.9 Å². The Hall–Kier alpha value is -0.580. The summed E-state index contributed by atoms with van der Waals surface area (Å²) in [6.45, 7) is 0. The number of aliphatic hydroxyl groups excluding tert-OH is 1. The van der Waals surface area contributed by atoms with Gasteiger partial charge >= 0.3 is 0 Å². The highest BCUT2D eigenvalue weighted by molar-refractivity contribution is 9.13. The molecular formula is C12H10Br2O2. The third-order valence-corrected chi connectivity index (χ3v) is 3.97. The van der Waals surface area contributed by atoms with Crippen LogP contribution in [-0.2, 0) is 6.42 Å². The summed E-state index contributed by atoms with van der Waals surface area (Å²) in [5.74, 6) is 0.558. The van der Waals surface area contributed by atoms with Crippen molar-refractivity contribution in [3.63, 3.8) is 0 Å². The maximum Gasteiger partial charge on any atom is 0.183 e. The van der Waals surface area contributed by atoms with Crippen LogP contribution in [0.25, 0.3) is 0 Å². The van der Waals surface area contributed by atoms with E-state index in [1.807, 2.05) is 30.3 Å². The molecule has 0 saturated heterocycles. The predicted octanol–water partition coefficient (Wildman–Crippen LogP) is 4.08. The third-order valence-electron chi connectivity index (χ3n) is 2.26. The van der Waals surface area contributed by atoms with E-state index in [1.54, 1.807) is 6.07 Å². The molecule has 1 aromatic heterocycles. The second-order valence-corrected chi connectivity index (χ2v) is 5.05. The van der Waals surface area contributed by atoms with Crippen LogP contribution in [0, 0.1) is 0 Å². The summed E-state index contributed by atoms with van der Waals surface area (Å²) in [5.41, 5.74) is 1.08. The van der Waals surface area contributed by atoms with Crippen molar-refractivity contribution < 1.29 is 9.52 Å². The molecule has 2 nitrogen and oxygen atoms in total. The molecular weight excluding hydrogens is 336 g/mol. The van der Waals surface area contributed by atoms with Crippen molar-refractivity contribution in [1.82, 2.24) is 0 Å². The molecule has 1 N–H and O–H groups in total. The molecule has 0 aliphatic carbocycles. The van der Waals surface area contributed by atoms with Gasteiger partial charge in [-0.2, -0.15) is 0 Å². The maximum absolute atomic E-state index is 9.98. The third kappa shape index (κ3) is 2.75. The van der Waals surface area contributed by atoms with Crippen LogP contribution in [0.15, 0.2) is 50.0 Å². The first-order valence-corrected chi connectivity index (χ1v) is 6.42. The Balaban J connectivity index is 2.11. The fourth-order valence-electron chi connectivity index (χ4n) is 1.47. The highest BCUT2D eigenvalue weighted by Crippen LogP contribution is 2.31. The van der Waals surface area contributed by atoms with E-state index in [0.29, 0.717) is 16.9 Å². The van der Waals surface area contributed by atoms with Crippen molar-refractivity contribution >= 4 is 31.9 Å². The Morgan fingerprint density at radius 1 is 1.19 bits per heavy atom. The zero-order valence-electron chi connectivity index (χ0n) is 8.36. The van der Waals surface area contributed by atoms with Gasteiger partial charge in [0.1, 0.15) is 11.9 Å². The molecule has 2 rings (SSSR count). The molecule has 0 saturated carbocycles. The van der Waals surface area contributed by atoms with Crippen LogP contribution in [0.4, 0.5) is 0 Å². The van der Waals surface area contributed by atoms with E-state index in [-0.39, 0.29) is 0 Å². The number of aliphatic hydroxyl groups is 1. The fourth-order valence-corrected chi connectivity index (χ4v) is 2.07. The molecule has 1 aromatic carbocycles. The van der Waals surface area contributed by atoms with Crippen LogP contribution >= 0.6 is 31.9 Å². The fraction of sp³-hybridized carbons (Fsp3) is 0.167. The van der Waals surface area contributed by atoms with E-state index in [9.17, 15) is 5.11 Å². The van der Waals surface area contributed by atoms with Gasteiger partial charge in [0, 0.05) is 6.42 Å². The number of halogens is 2. The minimum atomic E-state index is -0.620. The summed E-state index contributed by atoms with van der Waals surface area (Å²) in [6.07, 6.45) is -0.0715. The van der Waals surface area contributed by atoms with E-state index in [1.165, 1.54) is 0 Å². The molecule has 0 radical (unpaired) electrons. The van der Waals surface area contributed by atoms with E-state index in [2.05, 4.69) is 31.9 Å². The van der Waals surface area contributed by atoms with Crippen LogP contribution in [0.1, 0.15) is 17.4 Å². The van der Waals surface area contributed by atoms with Crippen LogP contribution < -0.4 is 0 Å². The maximum atomic E-state index is 9.98. The summed E-state index contributed by atoms with van der Waals surface area (Å²) in [7, 11) is 0. The minimum Gasteiger partial charge on any atom is -0.450 e. The number of benzene rings is 1. The Morgan fingerprint density at radius 2 is 1.88 bits per heavy atom. The van der Waals surface area contributed by atoms with Gasteiger partial charge in [0.25, 0.3) is 0 Å². The van der Waals surface area contributed by atoms with Gasteiger partial charge < -0.3 is 9.52 Å². The van der Waals surface area contributed by atoms with Crippen LogP contribution in [0.3, 0.4) is 0 Å². The Labute approximate surface area is 111 Å². The number of rotatable bonds is 3. The molecule has 0 aliphatic heterocycles. The summed E-state index contributed by atoms with van der Waals surface area (Å²) in [4.78, 5) is 0. The predicted molar refractivity (Wildman–Crippen MR) is 69.2 cm³/mol. The lowest BCUT2D eigenvalue weighted by Gasteiger charge is -2.07. The average Bonchev–Trinajstić information content (AvgIpc) is 2.61. The van der Waals surface area contributed by atoms with Crippen LogP contribution in [0.2, 0.25) is 0 Å². The SMILES string of the molecule is OC(Cc1ccccc1)c1cc(Br)c(Br)o1. The Kier molecular flexibility index (Phi) is 3.84. The monoisotopic (exact) mass is 344 g/mol. The van der Waals surface area contributed by atoms with Gasteiger partial charge in [0.15, 0.2) is 4.67 Å². The summed E-state index contributed by atoms with van der Waals surface area (Å²) < 4.78 is 6.79. The first kappa shape index (κ1) is 11.9. The van der Waals surface area contributed by atoms with Gasteiger partial charge in [-0.25, -0.2) is 0 Å². The molecule has 0 spiro atoms. The van der Waals surface area contributed by atoms with E-state index >= 15 is 0 Å². The number of hydrogen-bond acceptors (Lipinski definition) is 2. The zero-order valence-corrected chi connectivity index (χ0v) is 11.5. The molecule has 0 aliphatic rings. The summed E-state index contributed by atoms with van der Waals surface area (Å²) in [6, 6.07) is 11.6. The molecule has 1 heterocycles. The Morgan fingerprint density at radius 3 is 2.44 bits per heavy atom. The molecule has 1 atom stereocenters. The Bertz CT molecular complexity index is 446. The van der Waals surface area contributed by atoms with Crippen LogP contribution in [0.5, 0.6) is 0 Å². The van der Waals surface area contributed by atoms with Crippen LogP contribution in [-0.4, -0.2) is 5.11 Å². The van der Waals surface area contributed by atoms with Gasteiger partial charge in [-0.1, -0.05) is 30.3 Å². The van der Waals surface area contributed by atoms with E-state index < -0.39 is 6.10 Å². The lowest BCUT2D eigenvalue weighted by atomic mass is 10.1. The van der Waals surface area contributed by atoms with E-state index in [0.717, 1.165) is 10.0 Å². The highest BCUT2D eigenvalue weighted by atomic mass is 79.9. The lowest BCUT2D eigenvalue weighted by molar-refractivity contribution is 0.149. The molecule has 4 heteroatoms. The standard InChI is InChI=1S/C12H10Br2O2/c13-9-7-11(16-12(9)14)10(15)6-8-4-2-1-3-5-8/h1-5,7,10,15H,6H2. The quantitative estimate of drug-likeness (QED) is 0.909. The molecule has 0 fully saturated rings. The smallest absolute Gasteiger partial charge is 0.183 e. The zero-order chi connectivity index (χ0) is 11.5. The summed E-state index contributed by atoms with van der Waals surface area (Å²) >= 11 is 6.56. The minimum absolute atomic E-state index is 0.549. The highest BCUT2D eigenvalue weighted by Gasteiger charge is 2.15. The molecule has 0 bridgehead atoms. The van der Waals surface area contributed by atoms with Gasteiger partial charge in [0.2, 0.25) is 0 Å². The average molecular weight is 346 g/mol. The van der Waals surface area contributed by atoms with Crippen molar-refractivity contribution in [2.24, 2.45) is 0 Å². The number of hydrogen-bond donors (Lipinski definition) is 1. The van der Waals surface area contributed by atoms with E-state index in [4.69, 9.17) is 4.42 Å². The molecule has 0 amide bonds. The number of furan rings is 1. The van der Waals surface area contributed by atoms with Gasteiger partial charge in [-0.3, -0.25) is 0 Å². The topological polar surface area (TPSA) is 33.4 Å². The van der Waals surface area contributed by atoms with Crippen molar-refractivity contribution in [3.8, 4) is 0 Å². The first-order chi connectivity index (χ1) is 7.66. The molecule has 2 aromatic rings. The van der Waals surface area contributed by atoms with Crippen molar-refractivity contribution in [2.75, 3.05) is 0 Å². The second kappa shape index (κ2) is 5.17. The van der Waals surface area contributed by atoms with Crippen molar-refractivity contribution in [2.45, 2.75) is 12.5 Å². The molecule has 1 unspecified atom stereocenters. The second-order valence-electron chi connectivity index (χ2n) is 3.48. The summed E-state index contributed by atoms with van der Waals surface area (Å²) in [5, 5.41) is 9.98. The normalized spacial score (nSPS) is 12.7. The van der Waals surface area contributed by atoms with Crippen molar-refractivity contribution in [1.29, 1.82) is 0 Å². The van der Waals surface area contributed by atoms with Gasteiger partial charge in [0.05, 0.1) is 4.47 Å². The first-order valence-electron chi connectivity index (χ1n) is 4.83. The lowest BCUT2D eigenvalue weighted by Crippen LogP contribution is -1.99. The molecule has 16 heavy (non-hydrogen) atoms. The van der Waals surface area contributed by atoms with Gasteiger partial charge in [-0.05, 0) is 43.5 Å².